The van der Waals surface area contributed by atoms with E-state index >= 15 is 0 Å². The highest BCUT2D eigenvalue weighted by atomic mass is 32.2. The second-order valence-corrected chi connectivity index (χ2v) is 8.51. The van der Waals surface area contributed by atoms with Crippen molar-refractivity contribution in [3.05, 3.63) is 54.1 Å². The van der Waals surface area contributed by atoms with Gasteiger partial charge in [-0.3, -0.25) is 4.79 Å². The molecule has 1 amide bonds. The first-order valence-corrected chi connectivity index (χ1v) is 9.73. The zero-order valence-corrected chi connectivity index (χ0v) is 14.4. The summed E-state index contributed by atoms with van der Waals surface area (Å²) in [5.41, 5.74) is 1.06. The van der Waals surface area contributed by atoms with Crippen molar-refractivity contribution in [2.24, 2.45) is 0 Å². The molecule has 1 N–H and O–H groups in total. The van der Waals surface area contributed by atoms with Crippen LogP contribution in [0.3, 0.4) is 0 Å². The van der Waals surface area contributed by atoms with E-state index in [2.05, 4.69) is 10.3 Å². The first kappa shape index (κ1) is 16.7. The largest absolute Gasteiger partial charge is 0.352 e. The lowest BCUT2D eigenvalue weighted by Gasteiger charge is -2.14. The quantitative estimate of drug-likeness (QED) is 0.823. The van der Waals surface area contributed by atoms with Crippen LogP contribution in [0.1, 0.15) is 31.2 Å². The second kappa shape index (κ2) is 6.76. The topological polar surface area (TPSA) is 81.1 Å². The molecule has 0 saturated heterocycles. The van der Waals surface area contributed by atoms with Crippen LogP contribution in [-0.2, 0) is 26.9 Å². The van der Waals surface area contributed by atoms with E-state index in [1.54, 1.807) is 17.0 Å². The summed E-state index contributed by atoms with van der Waals surface area (Å²) in [7, 11) is -3.61. The molecule has 0 spiro atoms. The molecule has 0 unspecified atom stereocenters. The lowest BCUT2D eigenvalue weighted by Crippen LogP contribution is -2.39. The van der Waals surface area contributed by atoms with Crippen LogP contribution in [0.5, 0.6) is 0 Å². The van der Waals surface area contributed by atoms with E-state index < -0.39 is 21.0 Å². The molecule has 0 bridgehead atoms. The van der Waals surface area contributed by atoms with E-state index in [0.717, 1.165) is 18.4 Å². The molecule has 24 heavy (non-hydrogen) atoms. The molecule has 0 aliphatic heterocycles. The first-order valence-electron chi connectivity index (χ1n) is 8.01. The van der Waals surface area contributed by atoms with Gasteiger partial charge in [0.2, 0.25) is 5.91 Å². The number of sulfone groups is 1. The van der Waals surface area contributed by atoms with Gasteiger partial charge >= 0.3 is 0 Å². The van der Waals surface area contributed by atoms with Crippen molar-refractivity contribution in [2.45, 2.75) is 43.4 Å². The summed E-state index contributed by atoms with van der Waals surface area (Å²) in [6.45, 7) is 1.99. The summed E-state index contributed by atoms with van der Waals surface area (Å²) in [5, 5.41) is 1.68. The molecule has 1 aliphatic rings. The Balaban J connectivity index is 1.71. The molecule has 1 atom stereocenters. The third-order valence-electron chi connectivity index (χ3n) is 4.16. The van der Waals surface area contributed by atoms with Gasteiger partial charge in [0.15, 0.2) is 9.84 Å². The Hall–Kier alpha value is -2.15. The van der Waals surface area contributed by atoms with Gasteiger partial charge in [-0.15, -0.1) is 0 Å². The number of imidazole rings is 1. The molecule has 1 aromatic carbocycles. The van der Waals surface area contributed by atoms with Gasteiger partial charge in [0.1, 0.15) is 16.8 Å². The minimum absolute atomic E-state index is 0.148. The fourth-order valence-electron chi connectivity index (χ4n) is 2.42. The van der Waals surface area contributed by atoms with E-state index in [0.29, 0.717) is 12.4 Å². The molecule has 7 heteroatoms. The van der Waals surface area contributed by atoms with Gasteiger partial charge in [0, 0.05) is 25.0 Å². The van der Waals surface area contributed by atoms with Crippen LogP contribution in [0, 0.1) is 0 Å². The Labute approximate surface area is 141 Å². The number of nitrogens with one attached hydrogen (secondary N) is 1. The zero-order chi connectivity index (χ0) is 17.2. The third kappa shape index (κ3) is 4.03. The highest BCUT2D eigenvalue weighted by Gasteiger charge is 2.33. The normalized spacial score (nSPS) is 15.9. The molecule has 6 nitrogen and oxygen atoms in total. The number of benzene rings is 1. The maximum atomic E-state index is 12.5. The van der Waals surface area contributed by atoms with Gasteiger partial charge in [-0.25, -0.2) is 13.4 Å². The van der Waals surface area contributed by atoms with Crippen molar-refractivity contribution in [3.8, 4) is 0 Å². The van der Waals surface area contributed by atoms with Crippen LogP contribution in [0.25, 0.3) is 0 Å². The highest BCUT2D eigenvalue weighted by molar-refractivity contribution is 7.92. The van der Waals surface area contributed by atoms with Gasteiger partial charge in [-0.1, -0.05) is 30.3 Å². The number of rotatable bonds is 7. The monoisotopic (exact) mass is 347 g/mol. The van der Waals surface area contributed by atoms with Crippen LogP contribution in [0.4, 0.5) is 0 Å². The van der Waals surface area contributed by atoms with E-state index in [4.69, 9.17) is 0 Å². The summed E-state index contributed by atoms with van der Waals surface area (Å²) in [6.07, 6.45) is 5.20. The molecule has 3 rings (SSSR count). The molecule has 128 valence electrons. The van der Waals surface area contributed by atoms with Crippen LogP contribution in [0.2, 0.25) is 0 Å². The average Bonchev–Trinajstić information content (AvgIpc) is 3.27. The van der Waals surface area contributed by atoms with Crippen LogP contribution >= 0.6 is 0 Å². The zero-order valence-electron chi connectivity index (χ0n) is 13.6. The summed E-state index contributed by atoms with van der Waals surface area (Å²) < 4.78 is 26.9. The summed E-state index contributed by atoms with van der Waals surface area (Å²) in [6, 6.07) is 9.91. The fourth-order valence-corrected chi connectivity index (χ4v) is 3.66. The van der Waals surface area contributed by atoms with Gasteiger partial charge in [-0.2, -0.15) is 0 Å². The van der Waals surface area contributed by atoms with Crippen LogP contribution < -0.4 is 5.32 Å². The summed E-state index contributed by atoms with van der Waals surface area (Å²) in [4.78, 5) is 16.2. The molecule has 0 radical (unpaired) electrons. The average molecular weight is 347 g/mol. The van der Waals surface area contributed by atoms with E-state index in [1.807, 2.05) is 30.3 Å². The Kier molecular flexibility index (Phi) is 4.71. The molecule has 1 heterocycles. The number of carbonyl (C=O) groups excluding carboxylic acids is 1. The third-order valence-corrected chi connectivity index (χ3v) is 6.11. The Morgan fingerprint density at radius 1 is 1.33 bits per heavy atom. The number of hydrogen-bond donors (Lipinski definition) is 1. The smallest absolute Gasteiger partial charge is 0.238 e. The molecule has 1 aromatic heterocycles. The number of aromatic nitrogens is 2. The van der Waals surface area contributed by atoms with Gasteiger partial charge in [-0.05, 0) is 25.3 Å². The van der Waals surface area contributed by atoms with Crippen LogP contribution in [0.15, 0.2) is 42.7 Å². The maximum Gasteiger partial charge on any atom is 0.238 e. The SMILES string of the molecule is C[C@@H](C(=O)NC1CC1)S(=O)(=O)Cc1nccn1Cc1ccccc1. The number of carbonyl (C=O) groups is 1. The molecule has 2 aromatic rings. The summed E-state index contributed by atoms with van der Waals surface area (Å²) in [5.74, 6) is -0.213. The second-order valence-electron chi connectivity index (χ2n) is 6.19. The molecule has 1 aliphatic carbocycles. The van der Waals surface area contributed by atoms with Crippen molar-refractivity contribution >= 4 is 15.7 Å². The van der Waals surface area contributed by atoms with Gasteiger partial charge in [0.05, 0.1) is 0 Å². The maximum absolute atomic E-state index is 12.5. The first-order chi connectivity index (χ1) is 11.5. The highest BCUT2D eigenvalue weighted by Crippen LogP contribution is 2.20. The molecular formula is C17H21N3O3S. The number of amides is 1. The fraction of sp³-hybridized carbons (Fsp3) is 0.412. The summed E-state index contributed by atoms with van der Waals surface area (Å²) >= 11 is 0. The predicted molar refractivity (Wildman–Crippen MR) is 91.0 cm³/mol. The van der Waals surface area contributed by atoms with Gasteiger partial charge < -0.3 is 9.88 Å². The minimum atomic E-state index is -3.61. The van der Waals surface area contributed by atoms with Crippen molar-refractivity contribution < 1.29 is 13.2 Å². The Morgan fingerprint density at radius 2 is 2.04 bits per heavy atom. The lowest BCUT2D eigenvalue weighted by molar-refractivity contribution is -0.120. The molecular weight excluding hydrogens is 326 g/mol. The van der Waals surface area contributed by atoms with Crippen molar-refractivity contribution in [1.29, 1.82) is 0 Å². The lowest BCUT2D eigenvalue weighted by atomic mass is 10.2. The van der Waals surface area contributed by atoms with E-state index in [9.17, 15) is 13.2 Å². The van der Waals surface area contributed by atoms with Gasteiger partial charge in [0.25, 0.3) is 0 Å². The predicted octanol–water partition coefficient (Wildman–Crippen LogP) is 1.51. The number of nitrogens with zero attached hydrogens (tertiary/aromatic N) is 2. The molecule has 1 saturated carbocycles. The van der Waals surface area contributed by atoms with Crippen LogP contribution in [-0.4, -0.2) is 35.2 Å². The van der Waals surface area contributed by atoms with E-state index in [1.165, 1.54) is 6.92 Å². The number of hydrogen-bond acceptors (Lipinski definition) is 4. The standard InChI is InChI=1S/C17H21N3O3S/c1-13(17(21)19-15-7-8-15)24(22,23)12-16-18-9-10-20(16)11-14-5-3-2-4-6-14/h2-6,9-10,13,15H,7-8,11-12H2,1H3,(H,19,21)/t13-/m0/s1. The van der Waals surface area contributed by atoms with Crippen molar-refractivity contribution in [3.63, 3.8) is 0 Å². The van der Waals surface area contributed by atoms with E-state index in [-0.39, 0.29) is 11.8 Å². The minimum Gasteiger partial charge on any atom is -0.352 e. The Morgan fingerprint density at radius 3 is 2.71 bits per heavy atom. The Bertz CT molecular complexity index is 811. The van der Waals surface area contributed by atoms with Crippen molar-refractivity contribution in [1.82, 2.24) is 14.9 Å². The van der Waals surface area contributed by atoms with Crippen molar-refractivity contribution in [2.75, 3.05) is 0 Å². The molecule has 1 fully saturated rings.